The van der Waals surface area contributed by atoms with E-state index in [1.165, 1.54) is 0 Å². The minimum atomic E-state index is -3.13. The van der Waals surface area contributed by atoms with E-state index in [1.807, 2.05) is 30.3 Å². The van der Waals surface area contributed by atoms with Gasteiger partial charge in [-0.15, -0.1) is 24.0 Å². The number of sulfone groups is 1. The number of guanidine groups is 1. The van der Waals surface area contributed by atoms with Gasteiger partial charge in [0.05, 0.1) is 17.1 Å². The first-order chi connectivity index (χ1) is 11.3. The SMILES string of the molecule is CN=C(NCCCOc1ccccc1)NCCS(=O)(=O)C(C)(C)C.I. The van der Waals surface area contributed by atoms with Crippen LogP contribution in [0.25, 0.3) is 0 Å². The molecule has 0 aromatic heterocycles. The number of ether oxygens (including phenoxy) is 1. The first-order valence-electron chi connectivity index (χ1n) is 8.11. The first kappa shape index (κ1) is 24.0. The van der Waals surface area contributed by atoms with E-state index in [0.717, 1.165) is 12.2 Å². The summed E-state index contributed by atoms with van der Waals surface area (Å²) in [7, 11) is -1.47. The van der Waals surface area contributed by atoms with Crippen molar-refractivity contribution in [2.75, 3.05) is 32.5 Å². The number of rotatable bonds is 8. The number of nitrogens with zero attached hydrogens (tertiary/aromatic N) is 1. The zero-order valence-electron chi connectivity index (χ0n) is 15.4. The fourth-order valence-corrected chi connectivity index (χ4v) is 2.80. The van der Waals surface area contributed by atoms with Crippen molar-refractivity contribution in [3.8, 4) is 5.75 Å². The Morgan fingerprint density at radius 1 is 1.12 bits per heavy atom. The summed E-state index contributed by atoms with van der Waals surface area (Å²) >= 11 is 0. The van der Waals surface area contributed by atoms with Crippen LogP contribution in [0.3, 0.4) is 0 Å². The van der Waals surface area contributed by atoms with E-state index in [-0.39, 0.29) is 29.7 Å². The molecule has 0 aliphatic heterocycles. The summed E-state index contributed by atoms with van der Waals surface area (Å²) in [4.78, 5) is 4.08. The number of nitrogens with one attached hydrogen (secondary N) is 2. The van der Waals surface area contributed by atoms with E-state index < -0.39 is 14.6 Å². The largest absolute Gasteiger partial charge is 0.494 e. The van der Waals surface area contributed by atoms with Crippen molar-refractivity contribution in [2.45, 2.75) is 31.9 Å². The average molecular weight is 483 g/mol. The van der Waals surface area contributed by atoms with Crippen LogP contribution in [-0.2, 0) is 9.84 Å². The fraction of sp³-hybridized carbons (Fsp3) is 0.588. The second kappa shape index (κ2) is 11.6. The second-order valence-electron chi connectivity index (χ2n) is 6.37. The van der Waals surface area contributed by atoms with Gasteiger partial charge < -0.3 is 15.4 Å². The van der Waals surface area contributed by atoms with Gasteiger partial charge in [-0.2, -0.15) is 0 Å². The number of para-hydroxylation sites is 1. The van der Waals surface area contributed by atoms with Gasteiger partial charge in [0.2, 0.25) is 0 Å². The van der Waals surface area contributed by atoms with Crippen molar-refractivity contribution in [3.63, 3.8) is 0 Å². The predicted octanol–water partition coefficient (Wildman–Crippen LogP) is 2.45. The third-order valence-electron chi connectivity index (χ3n) is 3.45. The van der Waals surface area contributed by atoms with E-state index >= 15 is 0 Å². The van der Waals surface area contributed by atoms with Crippen LogP contribution in [0.15, 0.2) is 35.3 Å². The molecule has 1 aromatic carbocycles. The van der Waals surface area contributed by atoms with Gasteiger partial charge in [-0.1, -0.05) is 18.2 Å². The lowest BCUT2D eigenvalue weighted by atomic mass is 10.3. The molecule has 0 radical (unpaired) electrons. The van der Waals surface area contributed by atoms with Gasteiger partial charge in [0, 0.05) is 20.1 Å². The molecule has 1 rings (SSSR count). The summed E-state index contributed by atoms with van der Waals surface area (Å²) in [6, 6.07) is 9.66. The lowest BCUT2D eigenvalue weighted by Crippen LogP contribution is -2.42. The highest BCUT2D eigenvalue weighted by Crippen LogP contribution is 2.15. The lowest BCUT2D eigenvalue weighted by molar-refractivity contribution is 0.311. The van der Waals surface area contributed by atoms with E-state index in [2.05, 4.69) is 15.6 Å². The van der Waals surface area contributed by atoms with Crippen molar-refractivity contribution in [1.29, 1.82) is 0 Å². The van der Waals surface area contributed by atoms with E-state index in [9.17, 15) is 8.42 Å². The van der Waals surface area contributed by atoms with Gasteiger partial charge in [0.15, 0.2) is 15.8 Å². The van der Waals surface area contributed by atoms with Crippen LogP contribution in [0.1, 0.15) is 27.2 Å². The lowest BCUT2D eigenvalue weighted by Gasteiger charge is -2.19. The van der Waals surface area contributed by atoms with Gasteiger partial charge in [-0.25, -0.2) is 8.42 Å². The van der Waals surface area contributed by atoms with Gasteiger partial charge in [0.25, 0.3) is 0 Å². The summed E-state index contributed by atoms with van der Waals surface area (Å²) in [5, 5.41) is 6.17. The normalized spacial score (nSPS) is 12.2. The molecule has 144 valence electrons. The molecule has 0 saturated heterocycles. The van der Waals surface area contributed by atoms with E-state index in [1.54, 1.807) is 27.8 Å². The Morgan fingerprint density at radius 3 is 2.28 bits per heavy atom. The number of halogens is 1. The highest BCUT2D eigenvalue weighted by Gasteiger charge is 2.28. The molecule has 8 heteroatoms. The van der Waals surface area contributed by atoms with Crippen molar-refractivity contribution in [1.82, 2.24) is 10.6 Å². The van der Waals surface area contributed by atoms with Crippen LogP contribution in [0.2, 0.25) is 0 Å². The quantitative estimate of drug-likeness (QED) is 0.257. The maximum atomic E-state index is 12.0. The van der Waals surface area contributed by atoms with Crippen LogP contribution < -0.4 is 15.4 Å². The van der Waals surface area contributed by atoms with Crippen LogP contribution in [-0.4, -0.2) is 51.6 Å². The molecule has 0 unspecified atom stereocenters. The number of aliphatic imine (C=N–C) groups is 1. The Kier molecular flexibility index (Phi) is 11.1. The molecular weight excluding hydrogens is 453 g/mol. The zero-order valence-corrected chi connectivity index (χ0v) is 18.6. The summed E-state index contributed by atoms with van der Waals surface area (Å²) < 4.78 is 28.9. The van der Waals surface area contributed by atoms with Crippen LogP contribution in [0, 0.1) is 0 Å². The maximum Gasteiger partial charge on any atom is 0.191 e. The highest BCUT2D eigenvalue weighted by atomic mass is 127. The third-order valence-corrected chi connectivity index (χ3v) is 6.05. The van der Waals surface area contributed by atoms with Gasteiger partial charge in [0.1, 0.15) is 5.75 Å². The number of hydrogen-bond acceptors (Lipinski definition) is 4. The molecular formula is C17H30IN3O3S. The molecule has 0 spiro atoms. The van der Waals surface area contributed by atoms with Gasteiger partial charge in [-0.3, -0.25) is 4.99 Å². The van der Waals surface area contributed by atoms with Crippen LogP contribution in [0.5, 0.6) is 5.75 Å². The minimum Gasteiger partial charge on any atom is -0.494 e. The summed E-state index contributed by atoms with van der Waals surface area (Å²) in [6.45, 7) is 6.76. The Hall–Kier alpha value is -1.03. The molecule has 0 aliphatic rings. The number of benzene rings is 1. The van der Waals surface area contributed by atoms with Gasteiger partial charge in [-0.05, 0) is 39.3 Å². The molecule has 1 aromatic rings. The minimum absolute atomic E-state index is 0. The van der Waals surface area contributed by atoms with Crippen molar-refractivity contribution >= 4 is 39.8 Å². The topological polar surface area (TPSA) is 79.8 Å². The fourth-order valence-electron chi connectivity index (χ4n) is 1.82. The smallest absolute Gasteiger partial charge is 0.191 e. The Labute approximate surface area is 168 Å². The molecule has 25 heavy (non-hydrogen) atoms. The summed E-state index contributed by atoms with van der Waals surface area (Å²) in [5.74, 6) is 1.53. The molecule has 0 amide bonds. The Bertz CT molecular complexity index is 614. The molecule has 0 atom stereocenters. The third kappa shape index (κ3) is 9.29. The molecule has 0 aliphatic carbocycles. The predicted molar refractivity (Wildman–Crippen MR) is 115 cm³/mol. The van der Waals surface area contributed by atoms with Gasteiger partial charge >= 0.3 is 0 Å². The molecule has 0 saturated carbocycles. The zero-order chi connectivity index (χ0) is 18.1. The summed E-state index contributed by atoms with van der Waals surface area (Å²) in [5.41, 5.74) is 0. The summed E-state index contributed by atoms with van der Waals surface area (Å²) in [6.07, 6.45) is 0.815. The van der Waals surface area contributed by atoms with Crippen molar-refractivity contribution in [2.24, 2.45) is 4.99 Å². The highest BCUT2D eigenvalue weighted by molar-refractivity contribution is 14.0. The van der Waals surface area contributed by atoms with Crippen molar-refractivity contribution < 1.29 is 13.2 Å². The Morgan fingerprint density at radius 2 is 1.72 bits per heavy atom. The first-order valence-corrected chi connectivity index (χ1v) is 9.76. The standard InChI is InChI=1S/C17H29N3O3S.HI/c1-17(2,3)24(21,22)14-12-20-16(18-4)19-11-8-13-23-15-9-6-5-7-10-15;/h5-7,9-10H,8,11-14H2,1-4H3,(H2,18,19,20);1H. The average Bonchev–Trinajstić information content (AvgIpc) is 2.52. The van der Waals surface area contributed by atoms with Crippen molar-refractivity contribution in [3.05, 3.63) is 30.3 Å². The van der Waals surface area contributed by atoms with E-state index in [4.69, 9.17) is 4.74 Å². The molecule has 0 fully saturated rings. The van der Waals surface area contributed by atoms with Crippen LogP contribution in [0.4, 0.5) is 0 Å². The monoisotopic (exact) mass is 483 g/mol. The number of hydrogen-bond donors (Lipinski definition) is 2. The molecule has 0 bridgehead atoms. The second-order valence-corrected chi connectivity index (χ2v) is 9.23. The maximum absolute atomic E-state index is 12.0. The Balaban J connectivity index is 0.00000576. The molecule has 2 N–H and O–H groups in total. The molecule has 0 heterocycles. The molecule has 6 nitrogen and oxygen atoms in total. The van der Waals surface area contributed by atoms with E-state index in [0.29, 0.717) is 25.7 Å². The van der Waals surface area contributed by atoms with Crippen LogP contribution >= 0.6 is 24.0 Å².